The summed E-state index contributed by atoms with van der Waals surface area (Å²) in [5.41, 5.74) is 1.00. The number of amides is 1. The topological polar surface area (TPSA) is 136 Å². The first-order valence-electron chi connectivity index (χ1n) is 8.91. The number of aromatic nitrogens is 4. The van der Waals surface area contributed by atoms with Gasteiger partial charge >= 0.3 is 0 Å². The van der Waals surface area contributed by atoms with Crippen molar-refractivity contribution in [1.82, 2.24) is 19.7 Å². The van der Waals surface area contributed by atoms with E-state index in [4.69, 9.17) is 0 Å². The van der Waals surface area contributed by atoms with Gasteiger partial charge in [-0.3, -0.25) is 18.9 Å². The van der Waals surface area contributed by atoms with Gasteiger partial charge in [-0.2, -0.15) is 0 Å². The van der Waals surface area contributed by atoms with Gasteiger partial charge in [0.05, 0.1) is 18.0 Å². The second-order valence-electron chi connectivity index (χ2n) is 6.72. The highest BCUT2D eigenvalue weighted by atomic mass is 32.2. The fourth-order valence-corrected chi connectivity index (χ4v) is 5.93. The molecule has 0 spiro atoms. The van der Waals surface area contributed by atoms with E-state index in [2.05, 4.69) is 25.2 Å². The maximum absolute atomic E-state index is 12.9. The highest BCUT2D eigenvalue weighted by Crippen LogP contribution is 2.33. The molecule has 1 amide bonds. The van der Waals surface area contributed by atoms with E-state index in [0.29, 0.717) is 5.39 Å². The van der Waals surface area contributed by atoms with Gasteiger partial charge in [0, 0.05) is 17.8 Å². The smallest absolute Gasteiger partial charge is 0.262 e. The summed E-state index contributed by atoms with van der Waals surface area (Å²) in [6.45, 7) is 0.186. The Labute approximate surface area is 174 Å². The van der Waals surface area contributed by atoms with Gasteiger partial charge in [0.2, 0.25) is 26.2 Å². The van der Waals surface area contributed by atoms with Crippen LogP contribution in [0.5, 0.6) is 0 Å². The van der Waals surface area contributed by atoms with Gasteiger partial charge in [-0.05, 0) is 31.2 Å². The number of sulfonamides is 1. The molecule has 0 unspecified atom stereocenters. The van der Waals surface area contributed by atoms with Crippen molar-refractivity contribution in [3.8, 4) is 0 Å². The Hall–Kier alpha value is -2.38. The minimum Gasteiger partial charge on any atom is -0.300 e. The van der Waals surface area contributed by atoms with Crippen molar-refractivity contribution >= 4 is 59.1 Å². The van der Waals surface area contributed by atoms with Crippen LogP contribution < -0.4 is 15.6 Å². The average molecular weight is 455 g/mol. The van der Waals surface area contributed by atoms with E-state index in [1.54, 1.807) is 11.3 Å². The van der Waals surface area contributed by atoms with Crippen LogP contribution in [-0.4, -0.2) is 40.3 Å². The van der Waals surface area contributed by atoms with Crippen molar-refractivity contribution in [3.05, 3.63) is 27.1 Å². The summed E-state index contributed by atoms with van der Waals surface area (Å²) in [7, 11) is -3.46. The number of nitrogens with zero attached hydrogens (tertiary/aromatic N) is 4. The molecule has 10 nitrogen and oxygen atoms in total. The number of hydrogen-bond donors (Lipinski definition) is 2. The van der Waals surface area contributed by atoms with Crippen LogP contribution in [0.15, 0.2) is 11.1 Å². The first-order valence-corrected chi connectivity index (χ1v) is 12.4. The third-order valence-electron chi connectivity index (χ3n) is 4.47. The zero-order valence-corrected chi connectivity index (χ0v) is 17.9. The van der Waals surface area contributed by atoms with Crippen molar-refractivity contribution in [2.75, 3.05) is 16.3 Å². The van der Waals surface area contributed by atoms with E-state index in [-0.39, 0.29) is 34.7 Å². The second kappa shape index (κ2) is 7.80. The van der Waals surface area contributed by atoms with Crippen molar-refractivity contribution in [2.45, 2.75) is 38.6 Å². The maximum Gasteiger partial charge on any atom is 0.262 e. The Kier molecular flexibility index (Phi) is 5.36. The van der Waals surface area contributed by atoms with Gasteiger partial charge in [0.15, 0.2) is 0 Å². The summed E-state index contributed by atoms with van der Waals surface area (Å²) in [6, 6.07) is 0. The Bertz CT molecular complexity index is 1240. The maximum atomic E-state index is 12.9. The summed E-state index contributed by atoms with van der Waals surface area (Å²) in [4.78, 5) is 31.5. The normalized spacial score (nSPS) is 14.0. The van der Waals surface area contributed by atoms with Crippen LogP contribution in [0, 0.1) is 0 Å². The van der Waals surface area contributed by atoms with E-state index in [1.807, 2.05) is 0 Å². The molecular weight excluding hydrogens is 436 g/mol. The predicted octanol–water partition coefficient (Wildman–Crippen LogP) is 1.59. The van der Waals surface area contributed by atoms with Crippen LogP contribution in [0.25, 0.3) is 10.2 Å². The SMILES string of the molecule is CS(=O)(=O)Nc1nnc(NC(=O)CCn2cnc3sc4c(c3c2=O)CCCC4)s1. The van der Waals surface area contributed by atoms with Gasteiger partial charge in [-0.1, -0.05) is 11.3 Å². The van der Waals surface area contributed by atoms with E-state index in [1.165, 1.54) is 15.8 Å². The third-order valence-corrected chi connectivity index (χ3v) is 7.11. The van der Waals surface area contributed by atoms with Crippen LogP contribution in [0.1, 0.15) is 29.7 Å². The standard InChI is InChI=1S/C16H18N6O4S3/c1-29(25,26)21-16-20-19-15(28-16)18-11(23)6-7-22-8-17-13-12(14(22)24)9-4-2-3-5-10(9)27-13/h8H,2-7H2,1H3,(H,20,21)(H,18,19,23). The zero-order chi connectivity index (χ0) is 20.6. The summed E-state index contributed by atoms with van der Waals surface area (Å²) in [6.07, 6.45) is 6.65. The largest absolute Gasteiger partial charge is 0.300 e. The van der Waals surface area contributed by atoms with Gasteiger partial charge in [0.25, 0.3) is 5.56 Å². The van der Waals surface area contributed by atoms with Crippen LogP contribution in [-0.2, 0) is 34.2 Å². The molecule has 1 aliphatic rings. The Morgan fingerprint density at radius 2 is 1.97 bits per heavy atom. The lowest BCUT2D eigenvalue weighted by atomic mass is 9.97. The highest BCUT2D eigenvalue weighted by molar-refractivity contribution is 7.92. The van der Waals surface area contributed by atoms with Gasteiger partial charge in [-0.15, -0.1) is 21.5 Å². The summed E-state index contributed by atoms with van der Waals surface area (Å²) < 4.78 is 26.0. The second-order valence-corrected chi connectivity index (χ2v) is 10.5. The number of carbonyl (C=O) groups excluding carboxylic acids is 1. The molecule has 0 aliphatic heterocycles. The quantitative estimate of drug-likeness (QED) is 0.577. The molecular formula is C16H18N6O4S3. The Morgan fingerprint density at radius 3 is 2.76 bits per heavy atom. The predicted molar refractivity (Wildman–Crippen MR) is 112 cm³/mol. The molecule has 13 heteroatoms. The van der Waals surface area contributed by atoms with Gasteiger partial charge in [0.1, 0.15) is 4.83 Å². The number of aryl methyl sites for hydroxylation is 3. The Morgan fingerprint density at radius 1 is 1.21 bits per heavy atom. The zero-order valence-electron chi connectivity index (χ0n) is 15.5. The first-order chi connectivity index (χ1) is 13.8. The van der Waals surface area contributed by atoms with Crippen LogP contribution in [0.2, 0.25) is 0 Å². The molecule has 0 fully saturated rings. The van der Waals surface area contributed by atoms with Crippen molar-refractivity contribution in [3.63, 3.8) is 0 Å². The molecule has 29 heavy (non-hydrogen) atoms. The number of carbonyl (C=O) groups is 1. The Balaban J connectivity index is 1.44. The minimum atomic E-state index is -3.46. The number of anilines is 2. The monoisotopic (exact) mass is 454 g/mol. The lowest BCUT2D eigenvalue weighted by Gasteiger charge is -2.10. The molecule has 0 saturated carbocycles. The molecule has 2 N–H and O–H groups in total. The summed E-state index contributed by atoms with van der Waals surface area (Å²) in [5, 5.41) is 10.9. The van der Waals surface area contributed by atoms with E-state index in [9.17, 15) is 18.0 Å². The molecule has 0 atom stereocenters. The molecule has 0 bridgehead atoms. The highest BCUT2D eigenvalue weighted by Gasteiger charge is 2.20. The number of nitrogens with one attached hydrogen (secondary N) is 2. The van der Waals surface area contributed by atoms with Crippen LogP contribution in [0.4, 0.5) is 10.3 Å². The lowest BCUT2D eigenvalue weighted by Crippen LogP contribution is -2.24. The molecule has 0 saturated heterocycles. The van der Waals surface area contributed by atoms with Crippen molar-refractivity contribution in [1.29, 1.82) is 0 Å². The van der Waals surface area contributed by atoms with Gasteiger partial charge < -0.3 is 5.32 Å². The minimum absolute atomic E-state index is 0.0494. The molecule has 1 aliphatic carbocycles. The average Bonchev–Trinajstić information content (AvgIpc) is 3.23. The first kappa shape index (κ1) is 19.9. The number of thiophene rings is 1. The molecule has 0 radical (unpaired) electrons. The van der Waals surface area contributed by atoms with E-state index in [0.717, 1.165) is 53.7 Å². The number of hydrogen-bond acceptors (Lipinski definition) is 9. The summed E-state index contributed by atoms with van der Waals surface area (Å²) >= 11 is 2.50. The fraction of sp³-hybridized carbons (Fsp3) is 0.438. The summed E-state index contributed by atoms with van der Waals surface area (Å²) in [5.74, 6) is -0.355. The van der Waals surface area contributed by atoms with E-state index < -0.39 is 10.0 Å². The number of rotatable bonds is 6. The van der Waals surface area contributed by atoms with Crippen LogP contribution >= 0.6 is 22.7 Å². The number of fused-ring (bicyclic) bond motifs is 3. The van der Waals surface area contributed by atoms with Crippen LogP contribution in [0.3, 0.4) is 0 Å². The third kappa shape index (κ3) is 4.46. The molecule has 4 rings (SSSR count). The van der Waals surface area contributed by atoms with E-state index >= 15 is 0 Å². The molecule has 3 heterocycles. The van der Waals surface area contributed by atoms with Crippen molar-refractivity contribution < 1.29 is 13.2 Å². The molecule has 154 valence electrons. The molecule has 0 aromatic carbocycles. The molecule has 3 aromatic rings. The fourth-order valence-electron chi connectivity index (χ4n) is 3.22. The molecule has 3 aromatic heterocycles. The van der Waals surface area contributed by atoms with Gasteiger partial charge in [-0.25, -0.2) is 13.4 Å². The van der Waals surface area contributed by atoms with Crippen molar-refractivity contribution in [2.24, 2.45) is 0 Å². The lowest BCUT2D eigenvalue weighted by molar-refractivity contribution is -0.116.